The van der Waals surface area contributed by atoms with Crippen molar-refractivity contribution in [1.82, 2.24) is 9.97 Å². The summed E-state index contributed by atoms with van der Waals surface area (Å²) in [5.74, 6) is -0.0686. The minimum absolute atomic E-state index is 0.193. The van der Waals surface area contributed by atoms with Crippen molar-refractivity contribution in [2.45, 2.75) is 0 Å². The lowest BCUT2D eigenvalue weighted by molar-refractivity contribution is 0.103. The molecule has 108 valence electrons. The first kappa shape index (κ1) is 13.8. The van der Waals surface area contributed by atoms with E-state index in [1.165, 1.54) is 0 Å². The zero-order valence-electron chi connectivity index (χ0n) is 11.7. The highest BCUT2D eigenvalue weighted by molar-refractivity contribution is 6.10. The van der Waals surface area contributed by atoms with Crippen LogP contribution in [0.4, 0.5) is 11.5 Å². The monoisotopic (exact) mass is 290 g/mol. The van der Waals surface area contributed by atoms with E-state index >= 15 is 0 Å². The van der Waals surface area contributed by atoms with Crippen LogP contribution in [-0.2, 0) is 0 Å². The maximum Gasteiger partial charge on any atom is 0.215 e. The van der Waals surface area contributed by atoms with E-state index in [9.17, 15) is 4.79 Å². The molecule has 0 aliphatic rings. The van der Waals surface area contributed by atoms with Gasteiger partial charge in [0.1, 0.15) is 11.5 Å². The fraction of sp³-hybridized carbons (Fsp3) is 0. The van der Waals surface area contributed by atoms with Crippen LogP contribution >= 0.6 is 0 Å². The number of hydrogen-bond acceptors (Lipinski definition) is 5. The number of carbonyl (C=O) groups is 1. The summed E-state index contributed by atoms with van der Waals surface area (Å²) in [6, 6.07) is 15.9. The molecule has 3 aromatic rings. The Balaban J connectivity index is 2.04. The number of nitrogen functional groups attached to an aromatic ring is 2. The van der Waals surface area contributed by atoms with Crippen molar-refractivity contribution >= 4 is 17.3 Å². The van der Waals surface area contributed by atoms with Crippen molar-refractivity contribution in [3.8, 4) is 11.3 Å². The molecular formula is C17H14N4O. The first-order valence-corrected chi connectivity index (χ1v) is 6.74. The van der Waals surface area contributed by atoms with E-state index in [0.29, 0.717) is 22.6 Å². The van der Waals surface area contributed by atoms with Crippen LogP contribution < -0.4 is 11.5 Å². The Hall–Kier alpha value is -3.21. The second-order valence-electron chi connectivity index (χ2n) is 4.76. The molecule has 0 aliphatic carbocycles. The Kier molecular flexibility index (Phi) is 3.53. The zero-order valence-corrected chi connectivity index (χ0v) is 11.7. The lowest BCUT2D eigenvalue weighted by Crippen LogP contribution is -2.09. The minimum atomic E-state index is -0.262. The summed E-state index contributed by atoms with van der Waals surface area (Å²) in [5.41, 5.74) is 14.4. The quantitative estimate of drug-likeness (QED) is 0.571. The van der Waals surface area contributed by atoms with E-state index in [2.05, 4.69) is 9.97 Å². The van der Waals surface area contributed by atoms with Crippen LogP contribution in [0.2, 0.25) is 0 Å². The summed E-state index contributed by atoms with van der Waals surface area (Å²) >= 11 is 0. The van der Waals surface area contributed by atoms with E-state index in [-0.39, 0.29) is 11.6 Å². The number of anilines is 2. The van der Waals surface area contributed by atoms with Gasteiger partial charge in [0.25, 0.3) is 0 Å². The Morgan fingerprint density at radius 2 is 1.73 bits per heavy atom. The Morgan fingerprint density at radius 3 is 2.50 bits per heavy atom. The van der Waals surface area contributed by atoms with E-state index in [0.717, 1.165) is 5.56 Å². The molecule has 3 rings (SSSR count). The van der Waals surface area contributed by atoms with Crippen LogP contribution in [0.1, 0.15) is 16.1 Å². The molecule has 0 amide bonds. The molecule has 0 unspecified atom stereocenters. The molecule has 0 spiro atoms. The average Bonchev–Trinajstić information content (AvgIpc) is 2.55. The first-order valence-electron chi connectivity index (χ1n) is 6.74. The molecule has 0 aliphatic heterocycles. The third-order valence-corrected chi connectivity index (χ3v) is 3.30. The molecule has 5 nitrogen and oxygen atoms in total. The van der Waals surface area contributed by atoms with Crippen molar-refractivity contribution in [3.63, 3.8) is 0 Å². The molecule has 0 saturated carbocycles. The smallest absolute Gasteiger partial charge is 0.215 e. The molecule has 1 aromatic carbocycles. The number of rotatable bonds is 3. The second-order valence-corrected chi connectivity index (χ2v) is 4.76. The molecule has 0 atom stereocenters. The van der Waals surface area contributed by atoms with Crippen molar-refractivity contribution in [3.05, 3.63) is 72.1 Å². The van der Waals surface area contributed by atoms with Crippen molar-refractivity contribution in [1.29, 1.82) is 0 Å². The van der Waals surface area contributed by atoms with Crippen molar-refractivity contribution in [2.24, 2.45) is 0 Å². The average molecular weight is 290 g/mol. The van der Waals surface area contributed by atoms with Gasteiger partial charge in [0.2, 0.25) is 5.78 Å². The maximum atomic E-state index is 12.5. The number of ketones is 1. The number of para-hydroxylation sites is 1. The summed E-state index contributed by atoms with van der Waals surface area (Å²) in [4.78, 5) is 20.9. The van der Waals surface area contributed by atoms with Gasteiger partial charge in [0, 0.05) is 17.4 Å². The van der Waals surface area contributed by atoms with Gasteiger partial charge in [0.05, 0.1) is 11.3 Å². The minimum Gasteiger partial charge on any atom is -0.398 e. The first-order chi connectivity index (χ1) is 10.7. The van der Waals surface area contributed by atoms with Crippen LogP contribution in [0.15, 0.2) is 60.8 Å². The Labute approximate surface area is 127 Å². The molecule has 5 heteroatoms. The second kappa shape index (κ2) is 5.65. The topological polar surface area (TPSA) is 94.9 Å². The summed E-state index contributed by atoms with van der Waals surface area (Å²) < 4.78 is 0. The van der Waals surface area contributed by atoms with Gasteiger partial charge < -0.3 is 11.5 Å². The number of carbonyl (C=O) groups excluding carboxylic acids is 1. The fourth-order valence-corrected chi connectivity index (χ4v) is 2.19. The number of hydrogen-bond donors (Lipinski definition) is 2. The number of aromatic nitrogens is 2. The largest absolute Gasteiger partial charge is 0.398 e. The number of pyridine rings is 2. The highest BCUT2D eigenvalue weighted by Gasteiger charge is 2.15. The molecule has 2 heterocycles. The molecule has 4 N–H and O–H groups in total. The molecule has 2 aromatic heterocycles. The molecular weight excluding hydrogens is 276 g/mol. The van der Waals surface area contributed by atoms with Gasteiger partial charge >= 0.3 is 0 Å². The van der Waals surface area contributed by atoms with Crippen molar-refractivity contribution in [2.75, 3.05) is 11.5 Å². The zero-order chi connectivity index (χ0) is 15.5. The third-order valence-electron chi connectivity index (χ3n) is 3.30. The van der Waals surface area contributed by atoms with E-state index in [1.807, 2.05) is 24.3 Å². The molecule has 22 heavy (non-hydrogen) atoms. The Bertz CT molecular complexity index is 845. The van der Waals surface area contributed by atoms with Gasteiger partial charge in [-0.1, -0.05) is 24.3 Å². The van der Waals surface area contributed by atoms with Gasteiger partial charge in [-0.25, -0.2) is 9.97 Å². The van der Waals surface area contributed by atoms with E-state index in [1.54, 1.807) is 36.5 Å². The van der Waals surface area contributed by atoms with Crippen molar-refractivity contribution < 1.29 is 4.79 Å². The summed E-state index contributed by atoms with van der Waals surface area (Å²) in [6.07, 6.45) is 1.54. The van der Waals surface area contributed by atoms with Crippen LogP contribution in [0.3, 0.4) is 0 Å². The number of nitrogens with two attached hydrogens (primary N) is 2. The van der Waals surface area contributed by atoms with E-state index in [4.69, 9.17) is 11.5 Å². The maximum absolute atomic E-state index is 12.5. The summed E-state index contributed by atoms with van der Waals surface area (Å²) in [5, 5.41) is 0. The lowest BCUT2D eigenvalue weighted by atomic mass is 10.1. The molecule has 0 radical (unpaired) electrons. The van der Waals surface area contributed by atoms with Gasteiger partial charge in [-0.15, -0.1) is 0 Å². The van der Waals surface area contributed by atoms with E-state index < -0.39 is 0 Å². The summed E-state index contributed by atoms with van der Waals surface area (Å²) in [7, 11) is 0. The highest BCUT2D eigenvalue weighted by atomic mass is 16.1. The highest BCUT2D eigenvalue weighted by Crippen LogP contribution is 2.24. The van der Waals surface area contributed by atoms with Gasteiger partial charge in [-0.2, -0.15) is 0 Å². The molecule has 0 saturated heterocycles. The standard InChI is InChI=1S/C17H14N4O/c18-13-7-2-1-5-11(13)14-8-3-9-15(21-14)16(22)12-6-4-10-20-17(12)19/h1-10H,18H2,(H2,19,20). The van der Waals surface area contributed by atoms with Gasteiger partial charge in [-0.05, 0) is 30.3 Å². The number of nitrogens with zero attached hydrogens (tertiary/aromatic N) is 2. The van der Waals surface area contributed by atoms with Gasteiger partial charge in [-0.3, -0.25) is 4.79 Å². The van der Waals surface area contributed by atoms with Crippen LogP contribution in [-0.4, -0.2) is 15.8 Å². The Morgan fingerprint density at radius 1 is 0.909 bits per heavy atom. The lowest BCUT2D eigenvalue weighted by Gasteiger charge is -2.07. The summed E-state index contributed by atoms with van der Waals surface area (Å²) in [6.45, 7) is 0. The number of benzene rings is 1. The van der Waals surface area contributed by atoms with Crippen LogP contribution in [0, 0.1) is 0 Å². The third kappa shape index (κ3) is 2.52. The van der Waals surface area contributed by atoms with Gasteiger partial charge in [0.15, 0.2) is 0 Å². The molecule has 0 bridgehead atoms. The fourth-order valence-electron chi connectivity index (χ4n) is 2.19. The van der Waals surface area contributed by atoms with Crippen LogP contribution in [0.5, 0.6) is 0 Å². The molecule has 0 fully saturated rings. The SMILES string of the molecule is Nc1ccccc1-c1cccc(C(=O)c2cccnc2N)n1. The van der Waals surface area contributed by atoms with Crippen LogP contribution in [0.25, 0.3) is 11.3 Å². The predicted octanol–water partition coefficient (Wildman–Crippen LogP) is 2.54. The predicted molar refractivity (Wildman–Crippen MR) is 86.2 cm³/mol. The normalized spacial score (nSPS) is 10.4.